The van der Waals surface area contributed by atoms with Gasteiger partial charge in [-0.25, -0.2) is 0 Å². The van der Waals surface area contributed by atoms with Gasteiger partial charge in [0.25, 0.3) is 0 Å². The largest absolute Gasteiger partial charge is 0.310 e. The van der Waals surface area contributed by atoms with Crippen LogP contribution in [0.3, 0.4) is 0 Å². The summed E-state index contributed by atoms with van der Waals surface area (Å²) in [5.74, 6) is 0. The van der Waals surface area contributed by atoms with Crippen LogP contribution in [0.4, 0.5) is 17.1 Å². The Kier molecular flexibility index (Phi) is 7.41. The molecule has 0 aliphatic carbocycles. The molecule has 0 saturated carbocycles. The molecule has 0 amide bonds. The van der Waals surface area contributed by atoms with Gasteiger partial charge in [0, 0.05) is 37.2 Å². The number of nitrogens with zero attached hydrogens (tertiary/aromatic N) is 1. The molecule has 0 fully saturated rings. The average molecular weight is 680 g/mol. The fourth-order valence-electron chi connectivity index (χ4n) is 7.61. The van der Waals surface area contributed by atoms with E-state index in [0.29, 0.717) is 0 Å². The summed E-state index contributed by atoms with van der Waals surface area (Å²) in [5, 5.41) is 7.76. The van der Waals surface area contributed by atoms with E-state index in [1.165, 1.54) is 75.1 Å². The highest BCUT2D eigenvalue weighted by Crippen LogP contribution is 2.41. The molecule has 0 bridgehead atoms. The molecule has 9 aromatic carbocycles. The average Bonchev–Trinajstić information content (AvgIpc) is 3.57. The van der Waals surface area contributed by atoms with Crippen molar-refractivity contribution >= 4 is 70.1 Å². The van der Waals surface area contributed by atoms with E-state index in [1.807, 2.05) is 11.3 Å². The lowest BCUT2D eigenvalue weighted by Gasteiger charge is -2.26. The van der Waals surface area contributed by atoms with Crippen molar-refractivity contribution in [1.29, 1.82) is 0 Å². The van der Waals surface area contributed by atoms with Crippen LogP contribution in [0.15, 0.2) is 200 Å². The first kappa shape index (κ1) is 30.4. The summed E-state index contributed by atoms with van der Waals surface area (Å²) in [7, 11) is 0. The minimum Gasteiger partial charge on any atom is -0.310 e. The van der Waals surface area contributed by atoms with E-state index in [2.05, 4.69) is 205 Å². The lowest BCUT2D eigenvalue weighted by Crippen LogP contribution is -2.10. The monoisotopic (exact) mass is 679 g/mol. The van der Waals surface area contributed by atoms with Crippen LogP contribution < -0.4 is 4.90 Å². The summed E-state index contributed by atoms with van der Waals surface area (Å²) in [6.45, 7) is 0. The highest BCUT2D eigenvalue weighted by Gasteiger charge is 2.15. The Balaban J connectivity index is 1.04. The molecule has 1 aromatic heterocycles. The molecule has 2 heteroatoms. The maximum atomic E-state index is 2.36. The summed E-state index contributed by atoms with van der Waals surface area (Å²) < 4.78 is 2.65. The molecule has 0 aliphatic heterocycles. The van der Waals surface area contributed by atoms with Crippen LogP contribution >= 0.6 is 11.3 Å². The molecule has 0 spiro atoms. The van der Waals surface area contributed by atoms with Crippen LogP contribution in [-0.2, 0) is 0 Å². The molecule has 0 radical (unpaired) electrons. The molecule has 1 heterocycles. The molecule has 0 N–H and O–H groups in total. The van der Waals surface area contributed by atoms with Gasteiger partial charge in [-0.15, -0.1) is 11.3 Å². The van der Waals surface area contributed by atoms with Crippen LogP contribution in [0.5, 0.6) is 0 Å². The van der Waals surface area contributed by atoms with Crippen molar-refractivity contribution in [2.75, 3.05) is 4.90 Å². The molecule has 10 aromatic rings. The minimum atomic E-state index is 1.11. The zero-order valence-corrected chi connectivity index (χ0v) is 29.2. The first-order chi connectivity index (χ1) is 25.7. The summed E-state index contributed by atoms with van der Waals surface area (Å²) in [4.78, 5) is 2.36. The summed E-state index contributed by atoms with van der Waals surface area (Å²) in [6, 6.07) is 72.9. The molecule has 52 heavy (non-hydrogen) atoms. The Bertz CT molecular complexity index is 2880. The number of thiophene rings is 1. The Hall–Kier alpha value is -6.48. The van der Waals surface area contributed by atoms with Crippen LogP contribution in [0.2, 0.25) is 0 Å². The zero-order chi connectivity index (χ0) is 34.4. The molecular formula is C50H33NS. The molecule has 10 rings (SSSR count). The lowest BCUT2D eigenvalue weighted by atomic mass is 9.98. The highest BCUT2D eigenvalue weighted by atomic mass is 32.1. The topological polar surface area (TPSA) is 3.24 Å². The number of hydrogen-bond acceptors (Lipinski definition) is 2. The normalized spacial score (nSPS) is 11.5. The molecule has 0 unspecified atom stereocenters. The Morgan fingerprint density at radius 3 is 1.63 bits per heavy atom. The van der Waals surface area contributed by atoms with Crippen LogP contribution in [0.1, 0.15) is 0 Å². The third kappa shape index (κ3) is 5.42. The maximum absolute atomic E-state index is 2.36. The third-order valence-electron chi connectivity index (χ3n) is 10.2. The van der Waals surface area contributed by atoms with E-state index in [9.17, 15) is 0 Å². The van der Waals surface area contributed by atoms with Crippen LogP contribution in [0.25, 0.3) is 75.1 Å². The predicted molar refractivity (Wildman–Crippen MR) is 225 cm³/mol. The number of fused-ring (bicyclic) bond motifs is 5. The van der Waals surface area contributed by atoms with Gasteiger partial charge >= 0.3 is 0 Å². The minimum absolute atomic E-state index is 1.11. The molecule has 0 saturated heterocycles. The van der Waals surface area contributed by atoms with E-state index in [0.717, 1.165) is 17.1 Å². The smallest absolute Gasteiger partial charge is 0.0467 e. The van der Waals surface area contributed by atoms with Crippen molar-refractivity contribution in [2.45, 2.75) is 0 Å². The zero-order valence-electron chi connectivity index (χ0n) is 28.4. The van der Waals surface area contributed by atoms with Crippen molar-refractivity contribution in [3.63, 3.8) is 0 Å². The van der Waals surface area contributed by atoms with E-state index in [-0.39, 0.29) is 0 Å². The van der Waals surface area contributed by atoms with Gasteiger partial charge in [-0.1, -0.05) is 146 Å². The van der Waals surface area contributed by atoms with Gasteiger partial charge in [0.15, 0.2) is 0 Å². The van der Waals surface area contributed by atoms with Gasteiger partial charge in [-0.05, 0) is 110 Å². The molecule has 0 aliphatic rings. The van der Waals surface area contributed by atoms with Gasteiger partial charge in [-0.3, -0.25) is 0 Å². The standard InChI is InChI=1S/C50H33NS/c1-2-10-34(11-3-1)38-16-8-17-44(30-38)51(43-27-22-37(23-28-43)46-19-9-15-36-12-6-7-18-45(36)46)42-25-20-35(21-26-42)41-24-29-47-48-31-39-13-4-5-14-40(39)32-50(48)52-49(47)33-41/h1-33H. The number of benzene rings is 9. The number of hydrogen-bond donors (Lipinski definition) is 0. The summed E-state index contributed by atoms with van der Waals surface area (Å²) >= 11 is 1.88. The fraction of sp³-hybridized carbons (Fsp3) is 0. The second-order valence-electron chi connectivity index (χ2n) is 13.4. The SMILES string of the molecule is c1ccc(-c2cccc(N(c3ccc(-c4ccc5c(c4)sc4cc6ccccc6cc45)cc3)c3ccc(-c4cccc5ccccc45)cc3)c2)cc1. The summed E-state index contributed by atoms with van der Waals surface area (Å²) in [6.07, 6.45) is 0. The molecule has 244 valence electrons. The van der Waals surface area contributed by atoms with E-state index < -0.39 is 0 Å². The molecule has 0 atom stereocenters. The highest BCUT2D eigenvalue weighted by molar-refractivity contribution is 7.25. The van der Waals surface area contributed by atoms with Crippen LogP contribution in [-0.4, -0.2) is 0 Å². The second kappa shape index (κ2) is 12.7. The lowest BCUT2D eigenvalue weighted by molar-refractivity contribution is 1.28. The predicted octanol–water partition coefficient (Wildman–Crippen LogP) is 14.8. The Morgan fingerprint density at radius 1 is 0.288 bits per heavy atom. The Morgan fingerprint density at radius 2 is 0.846 bits per heavy atom. The quantitative estimate of drug-likeness (QED) is 0.169. The van der Waals surface area contributed by atoms with Crippen molar-refractivity contribution in [1.82, 2.24) is 0 Å². The first-order valence-corrected chi connectivity index (χ1v) is 18.6. The fourth-order valence-corrected chi connectivity index (χ4v) is 8.79. The second-order valence-corrected chi connectivity index (χ2v) is 14.5. The number of anilines is 3. The summed E-state index contributed by atoms with van der Waals surface area (Å²) in [5.41, 5.74) is 10.6. The first-order valence-electron chi connectivity index (χ1n) is 17.7. The van der Waals surface area contributed by atoms with Gasteiger partial charge in [0.1, 0.15) is 0 Å². The number of rotatable bonds is 6. The van der Waals surface area contributed by atoms with Gasteiger partial charge < -0.3 is 4.90 Å². The van der Waals surface area contributed by atoms with E-state index in [4.69, 9.17) is 0 Å². The van der Waals surface area contributed by atoms with Crippen molar-refractivity contribution in [3.8, 4) is 33.4 Å². The van der Waals surface area contributed by atoms with Crippen molar-refractivity contribution in [3.05, 3.63) is 200 Å². The van der Waals surface area contributed by atoms with Crippen LogP contribution in [0, 0.1) is 0 Å². The van der Waals surface area contributed by atoms with E-state index >= 15 is 0 Å². The molecular weight excluding hydrogens is 647 g/mol. The van der Waals surface area contributed by atoms with Gasteiger partial charge in [-0.2, -0.15) is 0 Å². The van der Waals surface area contributed by atoms with Crippen molar-refractivity contribution < 1.29 is 0 Å². The van der Waals surface area contributed by atoms with Gasteiger partial charge in [0.05, 0.1) is 0 Å². The third-order valence-corrected chi connectivity index (χ3v) is 11.4. The van der Waals surface area contributed by atoms with Crippen molar-refractivity contribution in [2.24, 2.45) is 0 Å². The van der Waals surface area contributed by atoms with E-state index in [1.54, 1.807) is 0 Å². The Labute approximate surface area is 307 Å². The maximum Gasteiger partial charge on any atom is 0.0467 e. The van der Waals surface area contributed by atoms with Gasteiger partial charge in [0.2, 0.25) is 0 Å². The molecule has 1 nitrogen and oxygen atoms in total.